The van der Waals surface area contributed by atoms with E-state index < -0.39 is 5.60 Å². The second-order valence-corrected chi connectivity index (χ2v) is 10.2. The summed E-state index contributed by atoms with van der Waals surface area (Å²) >= 11 is 0. The van der Waals surface area contributed by atoms with E-state index in [1.54, 1.807) is 0 Å². The molecule has 2 unspecified atom stereocenters. The van der Waals surface area contributed by atoms with Crippen LogP contribution in [0, 0.1) is 11.8 Å². The van der Waals surface area contributed by atoms with Crippen molar-refractivity contribution in [1.82, 2.24) is 10.8 Å². The molecule has 0 spiro atoms. The second-order valence-electron chi connectivity index (χ2n) is 10.2. The minimum Gasteiger partial charge on any atom is -0.460 e. The van der Waals surface area contributed by atoms with Gasteiger partial charge in [0.15, 0.2) is 0 Å². The third-order valence-electron chi connectivity index (χ3n) is 6.03. The van der Waals surface area contributed by atoms with Crippen LogP contribution in [0.4, 0.5) is 0 Å². The molecule has 29 heavy (non-hydrogen) atoms. The van der Waals surface area contributed by atoms with Crippen molar-refractivity contribution < 1.29 is 14.4 Å². The smallest absolute Gasteiger partial charge is 0.306 e. The molecule has 0 aromatic rings. The molecule has 0 heterocycles. The van der Waals surface area contributed by atoms with Crippen molar-refractivity contribution in [2.45, 2.75) is 122 Å². The highest BCUT2D eigenvalue weighted by Gasteiger charge is 2.26. The Bertz CT molecular complexity index is 470. The first kappa shape index (κ1) is 24.6. The Morgan fingerprint density at radius 3 is 2.45 bits per heavy atom. The number of hydrogen-bond acceptors (Lipinski definition) is 6. The van der Waals surface area contributed by atoms with E-state index in [0.29, 0.717) is 19.0 Å². The molecule has 0 radical (unpaired) electrons. The standard InChI is InChI=1S/C23H45N3O3/c1-17(29-26-21(24)16-25-20-13-14-20)19(15-22(27)28-23(2,3)4)12-8-11-18-9-6-5-7-10-18/h17-21,25-26H,5-16,24H2,1-4H3/t17?,19-,21?/m1/s1. The van der Waals surface area contributed by atoms with Gasteiger partial charge in [0.25, 0.3) is 0 Å². The second kappa shape index (κ2) is 12.2. The lowest BCUT2D eigenvalue weighted by Gasteiger charge is -2.28. The van der Waals surface area contributed by atoms with Crippen LogP contribution in [0.15, 0.2) is 0 Å². The first-order valence-electron chi connectivity index (χ1n) is 11.8. The van der Waals surface area contributed by atoms with Crippen LogP contribution in [0.2, 0.25) is 0 Å². The van der Waals surface area contributed by atoms with E-state index in [-0.39, 0.29) is 24.2 Å². The largest absolute Gasteiger partial charge is 0.460 e. The molecular formula is C23H45N3O3. The maximum Gasteiger partial charge on any atom is 0.306 e. The molecule has 2 fully saturated rings. The van der Waals surface area contributed by atoms with Crippen LogP contribution in [-0.4, -0.2) is 36.4 Å². The van der Waals surface area contributed by atoms with Crippen molar-refractivity contribution >= 4 is 5.97 Å². The molecule has 0 bridgehead atoms. The van der Waals surface area contributed by atoms with Crippen LogP contribution < -0.4 is 16.5 Å². The Balaban J connectivity index is 1.77. The van der Waals surface area contributed by atoms with E-state index in [1.807, 2.05) is 27.7 Å². The summed E-state index contributed by atoms with van der Waals surface area (Å²) in [5, 5.41) is 3.40. The predicted octanol–water partition coefficient (Wildman–Crippen LogP) is 4.03. The quantitative estimate of drug-likeness (QED) is 0.241. The zero-order chi connectivity index (χ0) is 21.3. The number of nitrogens with two attached hydrogens (primary N) is 1. The third-order valence-corrected chi connectivity index (χ3v) is 6.03. The van der Waals surface area contributed by atoms with Crippen molar-refractivity contribution in [2.24, 2.45) is 17.6 Å². The van der Waals surface area contributed by atoms with Gasteiger partial charge in [-0.05, 0) is 58.8 Å². The van der Waals surface area contributed by atoms with Crippen LogP contribution in [-0.2, 0) is 14.4 Å². The number of carbonyl (C=O) groups excluding carboxylic acids is 1. The van der Waals surface area contributed by atoms with Crippen molar-refractivity contribution in [2.75, 3.05) is 6.54 Å². The van der Waals surface area contributed by atoms with Gasteiger partial charge < -0.3 is 15.8 Å². The lowest BCUT2D eigenvalue weighted by Crippen LogP contribution is -2.47. The molecule has 6 heteroatoms. The van der Waals surface area contributed by atoms with Crippen molar-refractivity contribution in [3.05, 3.63) is 0 Å². The molecule has 0 amide bonds. The van der Waals surface area contributed by atoms with Gasteiger partial charge in [-0.3, -0.25) is 9.63 Å². The summed E-state index contributed by atoms with van der Waals surface area (Å²) in [5.74, 6) is 0.849. The Labute approximate surface area is 178 Å². The van der Waals surface area contributed by atoms with Crippen LogP contribution in [0.1, 0.15) is 98.3 Å². The Hall–Kier alpha value is -0.690. The summed E-state index contributed by atoms with van der Waals surface area (Å²) < 4.78 is 5.56. The summed E-state index contributed by atoms with van der Waals surface area (Å²) in [6.07, 6.45) is 12.8. The fourth-order valence-electron chi connectivity index (χ4n) is 4.16. The van der Waals surface area contributed by atoms with Crippen LogP contribution in [0.5, 0.6) is 0 Å². The first-order valence-corrected chi connectivity index (χ1v) is 11.8. The molecule has 0 aliphatic heterocycles. The van der Waals surface area contributed by atoms with Gasteiger partial charge >= 0.3 is 5.97 Å². The van der Waals surface area contributed by atoms with Gasteiger partial charge in [0.1, 0.15) is 5.60 Å². The van der Waals surface area contributed by atoms with E-state index in [4.69, 9.17) is 15.3 Å². The Kier molecular flexibility index (Phi) is 10.4. The minimum absolute atomic E-state index is 0.0964. The minimum atomic E-state index is -0.455. The average Bonchev–Trinajstić information content (AvgIpc) is 3.47. The normalized spacial score (nSPS) is 21.6. The van der Waals surface area contributed by atoms with Crippen molar-refractivity contribution in [1.29, 1.82) is 0 Å². The van der Waals surface area contributed by atoms with E-state index in [1.165, 1.54) is 51.4 Å². The Morgan fingerprint density at radius 2 is 1.83 bits per heavy atom. The van der Waals surface area contributed by atoms with E-state index in [0.717, 1.165) is 18.8 Å². The number of carbonyl (C=O) groups is 1. The molecule has 4 N–H and O–H groups in total. The predicted molar refractivity (Wildman–Crippen MR) is 117 cm³/mol. The topological polar surface area (TPSA) is 85.6 Å². The van der Waals surface area contributed by atoms with E-state index in [2.05, 4.69) is 10.8 Å². The summed E-state index contributed by atoms with van der Waals surface area (Å²) in [7, 11) is 0. The van der Waals surface area contributed by atoms with E-state index >= 15 is 0 Å². The lowest BCUT2D eigenvalue weighted by molar-refractivity contribution is -0.158. The monoisotopic (exact) mass is 411 g/mol. The van der Waals surface area contributed by atoms with Gasteiger partial charge in [-0.2, -0.15) is 5.48 Å². The number of esters is 1. The highest BCUT2D eigenvalue weighted by atomic mass is 16.7. The van der Waals surface area contributed by atoms with Gasteiger partial charge in [-0.25, -0.2) is 0 Å². The van der Waals surface area contributed by atoms with Gasteiger partial charge in [0.2, 0.25) is 0 Å². The SMILES string of the molecule is CC(ONC(N)CNC1CC1)[C@H](CCCC1CCCCC1)CC(=O)OC(C)(C)C. The Morgan fingerprint density at radius 1 is 1.14 bits per heavy atom. The van der Waals surface area contributed by atoms with Crippen LogP contribution in [0.25, 0.3) is 0 Å². The molecule has 6 nitrogen and oxygen atoms in total. The van der Waals surface area contributed by atoms with Gasteiger partial charge in [0, 0.05) is 12.6 Å². The molecule has 2 saturated carbocycles. The maximum absolute atomic E-state index is 12.4. The fraction of sp³-hybridized carbons (Fsp3) is 0.957. The zero-order valence-electron chi connectivity index (χ0n) is 19.2. The van der Waals surface area contributed by atoms with Crippen LogP contribution in [0.3, 0.4) is 0 Å². The van der Waals surface area contributed by atoms with Gasteiger partial charge in [-0.1, -0.05) is 44.9 Å². The average molecular weight is 412 g/mol. The molecule has 0 aromatic carbocycles. The zero-order valence-corrected chi connectivity index (χ0v) is 19.2. The highest BCUT2D eigenvalue weighted by molar-refractivity contribution is 5.70. The number of nitrogens with one attached hydrogen (secondary N) is 2. The third kappa shape index (κ3) is 11.3. The number of ether oxygens (including phenoxy) is 1. The molecular weight excluding hydrogens is 366 g/mol. The number of hydroxylamine groups is 1. The van der Waals surface area contributed by atoms with Gasteiger partial charge in [0.05, 0.1) is 18.7 Å². The summed E-state index contributed by atoms with van der Waals surface area (Å²) in [5.41, 5.74) is 8.61. The fourth-order valence-corrected chi connectivity index (χ4v) is 4.16. The number of rotatable bonds is 13. The van der Waals surface area contributed by atoms with Crippen molar-refractivity contribution in [3.63, 3.8) is 0 Å². The lowest BCUT2D eigenvalue weighted by atomic mass is 9.84. The number of hydrogen-bond donors (Lipinski definition) is 3. The molecule has 2 rings (SSSR count). The van der Waals surface area contributed by atoms with Crippen molar-refractivity contribution in [3.8, 4) is 0 Å². The molecule has 0 aromatic heterocycles. The van der Waals surface area contributed by atoms with Gasteiger partial charge in [-0.15, -0.1) is 0 Å². The van der Waals surface area contributed by atoms with Crippen LogP contribution >= 0.6 is 0 Å². The molecule has 0 saturated heterocycles. The molecule has 2 aliphatic rings. The molecule has 2 aliphatic carbocycles. The highest BCUT2D eigenvalue weighted by Crippen LogP contribution is 2.30. The van der Waals surface area contributed by atoms with E-state index in [9.17, 15) is 4.79 Å². The summed E-state index contributed by atoms with van der Waals surface area (Å²) in [6, 6.07) is 0.625. The maximum atomic E-state index is 12.4. The summed E-state index contributed by atoms with van der Waals surface area (Å²) in [4.78, 5) is 18.3. The summed E-state index contributed by atoms with van der Waals surface area (Å²) in [6.45, 7) is 8.46. The molecule has 3 atom stereocenters. The molecule has 170 valence electrons. The first-order chi connectivity index (χ1) is 13.7.